The van der Waals surface area contributed by atoms with E-state index in [4.69, 9.17) is 11.6 Å². The Balaban J connectivity index is 2.40. The maximum absolute atomic E-state index is 5.84. The Labute approximate surface area is 108 Å². The number of benzene rings is 1. The molecule has 0 bridgehead atoms. The average Bonchev–Trinajstić information content (AvgIpc) is 2.30. The number of aromatic nitrogens is 1. The van der Waals surface area contributed by atoms with Crippen molar-refractivity contribution in [1.82, 2.24) is 4.98 Å². The molecule has 0 fully saturated rings. The Bertz CT molecular complexity index is 520. The van der Waals surface area contributed by atoms with Gasteiger partial charge >= 0.3 is 0 Å². The molecular weight excluding hydrogens is 286 g/mol. The van der Waals surface area contributed by atoms with Gasteiger partial charge in [0.05, 0.1) is 5.69 Å². The van der Waals surface area contributed by atoms with Crippen LogP contribution in [0.1, 0.15) is 11.3 Å². The molecule has 1 aromatic heterocycles. The molecule has 1 heterocycles. The molecule has 0 saturated carbocycles. The van der Waals surface area contributed by atoms with Crippen LogP contribution >= 0.6 is 27.5 Å². The zero-order chi connectivity index (χ0) is 11.5. The van der Waals surface area contributed by atoms with Crippen molar-refractivity contribution in [2.24, 2.45) is 0 Å². The number of pyridine rings is 1. The molecule has 0 aliphatic rings. The zero-order valence-corrected chi connectivity index (χ0v) is 10.8. The lowest BCUT2D eigenvalue weighted by molar-refractivity contribution is 1.25. The molecule has 80 valence electrons. The van der Waals surface area contributed by atoms with E-state index in [2.05, 4.69) is 27.5 Å². The highest BCUT2D eigenvalue weighted by atomic mass is 79.9. The molecule has 1 aromatic carbocycles. The third kappa shape index (κ3) is 2.34. The second-order valence-corrected chi connectivity index (χ2v) is 4.61. The van der Waals surface area contributed by atoms with Crippen molar-refractivity contribution >= 4 is 33.1 Å². The summed E-state index contributed by atoms with van der Waals surface area (Å²) in [5, 5.41) is 0.719. The molecule has 1 nitrogen and oxygen atoms in total. The lowest BCUT2D eigenvalue weighted by Crippen LogP contribution is -1.91. The largest absolute Gasteiger partial charge is 0.255 e. The Morgan fingerprint density at radius 2 is 1.88 bits per heavy atom. The molecule has 2 aromatic rings. The smallest absolute Gasteiger partial charge is 0.0843 e. The van der Waals surface area contributed by atoms with Crippen LogP contribution in [0.25, 0.3) is 5.57 Å². The van der Waals surface area contributed by atoms with Gasteiger partial charge in [0.25, 0.3) is 0 Å². The molecule has 0 spiro atoms. The van der Waals surface area contributed by atoms with E-state index in [1.54, 1.807) is 6.20 Å². The molecular formula is C13H9BrClN. The summed E-state index contributed by atoms with van der Waals surface area (Å²) in [5.41, 5.74) is 2.75. The Morgan fingerprint density at radius 3 is 2.50 bits per heavy atom. The van der Waals surface area contributed by atoms with E-state index in [-0.39, 0.29) is 0 Å². The van der Waals surface area contributed by atoms with Crippen LogP contribution in [0.4, 0.5) is 0 Å². The number of hydrogen-bond acceptors (Lipinski definition) is 1. The quantitative estimate of drug-likeness (QED) is 0.791. The van der Waals surface area contributed by atoms with Crippen LogP contribution in [-0.4, -0.2) is 4.98 Å². The first kappa shape index (κ1) is 11.4. The highest BCUT2D eigenvalue weighted by Gasteiger charge is 2.06. The van der Waals surface area contributed by atoms with Gasteiger partial charge in [0.15, 0.2) is 0 Å². The normalized spacial score (nSPS) is 10.1. The first-order valence-corrected chi connectivity index (χ1v) is 5.91. The van der Waals surface area contributed by atoms with Crippen LogP contribution in [0.15, 0.2) is 53.6 Å². The van der Waals surface area contributed by atoms with Crippen molar-refractivity contribution in [3.8, 4) is 0 Å². The van der Waals surface area contributed by atoms with Gasteiger partial charge < -0.3 is 0 Å². The maximum atomic E-state index is 5.84. The predicted octanol–water partition coefficient (Wildman–Crippen LogP) is 4.56. The Morgan fingerprint density at radius 1 is 1.19 bits per heavy atom. The van der Waals surface area contributed by atoms with Crippen molar-refractivity contribution < 1.29 is 0 Å². The van der Waals surface area contributed by atoms with Gasteiger partial charge in [0, 0.05) is 21.3 Å². The van der Waals surface area contributed by atoms with Crippen molar-refractivity contribution in [3.63, 3.8) is 0 Å². The van der Waals surface area contributed by atoms with E-state index in [0.717, 1.165) is 26.3 Å². The number of nitrogens with zero attached hydrogens (tertiary/aromatic N) is 1. The van der Waals surface area contributed by atoms with Crippen LogP contribution in [0, 0.1) is 0 Å². The Kier molecular flexibility index (Phi) is 3.42. The summed E-state index contributed by atoms with van der Waals surface area (Å²) in [7, 11) is 0. The van der Waals surface area contributed by atoms with Crippen molar-refractivity contribution in [2.75, 3.05) is 0 Å². The summed E-state index contributed by atoms with van der Waals surface area (Å²) < 4.78 is 0.940. The maximum Gasteiger partial charge on any atom is 0.0843 e. The molecule has 0 aliphatic carbocycles. The molecule has 0 unspecified atom stereocenters. The SMILES string of the molecule is C=C(c1ccc(Cl)cc1)c1ncccc1Br. The highest BCUT2D eigenvalue weighted by Crippen LogP contribution is 2.26. The summed E-state index contributed by atoms with van der Waals surface area (Å²) in [4.78, 5) is 4.30. The molecule has 0 saturated heterocycles. The van der Waals surface area contributed by atoms with Crippen molar-refractivity contribution in [3.05, 3.63) is 69.9 Å². The van der Waals surface area contributed by atoms with E-state index in [0.29, 0.717) is 0 Å². The van der Waals surface area contributed by atoms with Gasteiger partial charge in [0.2, 0.25) is 0 Å². The highest BCUT2D eigenvalue weighted by molar-refractivity contribution is 9.10. The minimum absolute atomic E-state index is 0.719. The summed E-state index contributed by atoms with van der Waals surface area (Å²) in [6.45, 7) is 4.05. The topological polar surface area (TPSA) is 12.9 Å². The second-order valence-electron chi connectivity index (χ2n) is 3.32. The first-order valence-electron chi connectivity index (χ1n) is 4.74. The molecule has 0 atom stereocenters. The van der Waals surface area contributed by atoms with Crippen LogP contribution < -0.4 is 0 Å². The van der Waals surface area contributed by atoms with Crippen molar-refractivity contribution in [2.45, 2.75) is 0 Å². The van der Waals surface area contributed by atoms with Gasteiger partial charge in [-0.2, -0.15) is 0 Å². The van der Waals surface area contributed by atoms with E-state index >= 15 is 0 Å². The minimum Gasteiger partial charge on any atom is -0.255 e. The van der Waals surface area contributed by atoms with Gasteiger partial charge in [-0.15, -0.1) is 0 Å². The molecule has 0 aliphatic heterocycles. The monoisotopic (exact) mass is 293 g/mol. The minimum atomic E-state index is 0.719. The van der Waals surface area contributed by atoms with Crippen LogP contribution in [0.2, 0.25) is 5.02 Å². The van der Waals surface area contributed by atoms with E-state index in [9.17, 15) is 0 Å². The van der Waals surface area contributed by atoms with E-state index in [1.807, 2.05) is 36.4 Å². The molecule has 0 N–H and O–H groups in total. The van der Waals surface area contributed by atoms with Gasteiger partial charge in [-0.1, -0.05) is 30.3 Å². The van der Waals surface area contributed by atoms with Gasteiger partial charge in [-0.3, -0.25) is 4.98 Å². The fraction of sp³-hybridized carbons (Fsp3) is 0. The molecule has 0 amide bonds. The molecule has 3 heteroatoms. The fourth-order valence-electron chi connectivity index (χ4n) is 1.40. The number of halogens is 2. The zero-order valence-electron chi connectivity index (χ0n) is 8.45. The number of hydrogen-bond donors (Lipinski definition) is 0. The van der Waals surface area contributed by atoms with Crippen LogP contribution in [0.3, 0.4) is 0 Å². The standard InChI is InChI=1S/C13H9BrClN/c1-9(10-4-6-11(15)7-5-10)13-12(14)3-2-8-16-13/h2-8H,1H2. The van der Waals surface area contributed by atoms with Crippen LogP contribution in [-0.2, 0) is 0 Å². The van der Waals surface area contributed by atoms with Gasteiger partial charge in [-0.25, -0.2) is 0 Å². The fourth-order valence-corrected chi connectivity index (χ4v) is 2.02. The van der Waals surface area contributed by atoms with E-state index < -0.39 is 0 Å². The number of rotatable bonds is 2. The average molecular weight is 295 g/mol. The summed E-state index contributed by atoms with van der Waals surface area (Å²) in [6, 6.07) is 11.4. The van der Waals surface area contributed by atoms with E-state index in [1.165, 1.54) is 0 Å². The predicted molar refractivity (Wildman–Crippen MR) is 71.5 cm³/mol. The first-order chi connectivity index (χ1) is 7.68. The van der Waals surface area contributed by atoms with Gasteiger partial charge in [-0.05, 0) is 45.8 Å². The van der Waals surface area contributed by atoms with Crippen molar-refractivity contribution in [1.29, 1.82) is 0 Å². The molecule has 2 rings (SSSR count). The Hall–Kier alpha value is -1.12. The summed E-state index contributed by atoms with van der Waals surface area (Å²) in [5.74, 6) is 0. The summed E-state index contributed by atoms with van der Waals surface area (Å²) >= 11 is 9.30. The lowest BCUT2D eigenvalue weighted by atomic mass is 10.0. The van der Waals surface area contributed by atoms with Gasteiger partial charge in [0.1, 0.15) is 0 Å². The molecule has 0 radical (unpaired) electrons. The third-order valence-corrected chi connectivity index (χ3v) is 3.13. The molecule has 16 heavy (non-hydrogen) atoms. The second kappa shape index (κ2) is 4.81. The summed E-state index contributed by atoms with van der Waals surface area (Å²) in [6.07, 6.45) is 1.75. The van der Waals surface area contributed by atoms with Crippen LogP contribution in [0.5, 0.6) is 0 Å². The third-order valence-electron chi connectivity index (χ3n) is 2.24. The lowest BCUT2D eigenvalue weighted by Gasteiger charge is -2.07.